The maximum Gasteiger partial charge on any atom is 0.449 e. The van der Waals surface area contributed by atoms with Crippen molar-refractivity contribution in [1.29, 1.82) is 0 Å². The summed E-state index contributed by atoms with van der Waals surface area (Å²) in [6, 6.07) is 6.27. The van der Waals surface area contributed by atoms with E-state index in [9.17, 15) is 18.0 Å². The molecule has 0 unspecified atom stereocenters. The lowest BCUT2D eigenvalue weighted by Gasteiger charge is -2.40. The van der Waals surface area contributed by atoms with Gasteiger partial charge in [-0.05, 0) is 26.0 Å². The summed E-state index contributed by atoms with van der Waals surface area (Å²) in [5, 5.41) is 2.76. The number of rotatable bonds is 5. The van der Waals surface area contributed by atoms with Crippen molar-refractivity contribution >= 4 is 16.9 Å². The van der Waals surface area contributed by atoms with Crippen LogP contribution < -0.4 is 5.32 Å². The maximum absolute atomic E-state index is 13.3. The first kappa shape index (κ1) is 19.6. The molecule has 0 atom stereocenters. The molecule has 27 heavy (non-hydrogen) atoms. The number of para-hydroxylation sites is 2. The molecule has 1 aliphatic heterocycles. The van der Waals surface area contributed by atoms with E-state index in [4.69, 9.17) is 4.74 Å². The highest BCUT2D eigenvalue weighted by atomic mass is 19.4. The van der Waals surface area contributed by atoms with Crippen molar-refractivity contribution in [1.82, 2.24) is 19.8 Å². The summed E-state index contributed by atoms with van der Waals surface area (Å²) in [7, 11) is 0. The number of nitrogens with one attached hydrogen (secondary N) is 1. The number of hydrogen-bond acceptors (Lipinski definition) is 4. The number of carbonyl (C=O) groups is 1. The molecule has 0 aliphatic carbocycles. The van der Waals surface area contributed by atoms with Crippen LogP contribution in [0.25, 0.3) is 11.0 Å². The van der Waals surface area contributed by atoms with Gasteiger partial charge in [-0.3, -0.25) is 9.69 Å². The summed E-state index contributed by atoms with van der Waals surface area (Å²) in [5.41, 5.74) is 0.183. The average Bonchev–Trinajstić information content (AvgIpc) is 3.00. The summed E-state index contributed by atoms with van der Waals surface area (Å²) in [6.07, 6.45) is -4.63. The smallest absolute Gasteiger partial charge is 0.379 e. The Hall–Kier alpha value is -2.13. The average molecular weight is 384 g/mol. The molecule has 1 N–H and O–H groups in total. The van der Waals surface area contributed by atoms with Crippen LogP contribution in [0.4, 0.5) is 13.2 Å². The van der Waals surface area contributed by atoms with Crippen molar-refractivity contribution in [2.45, 2.75) is 32.1 Å². The molecule has 1 saturated heterocycles. The van der Waals surface area contributed by atoms with Gasteiger partial charge in [-0.1, -0.05) is 12.1 Å². The van der Waals surface area contributed by atoms with Gasteiger partial charge in [-0.2, -0.15) is 13.2 Å². The summed E-state index contributed by atoms with van der Waals surface area (Å²) in [4.78, 5) is 18.2. The lowest BCUT2D eigenvalue weighted by molar-refractivity contribution is -0.147. The van der Waals surface area contributed by atoms with Crippen LogP contribution in [0.15, 0.2) is 24.3 Å². The van der Waals surface area contributed by atoms with Crippen molar-refractivity contribution in [2.24, 2.45) is 0 Å². The molecule has 1 amide bonds. The molecule has 1 aromatic heterocycles. The van der Waals surface area contributed by atoms with Crippen molar-refractivity contribution in [3.8, 4) is 0 Å². The van der Waals surface area contributed by atoms with Gasteiger partial charge in [0, 0.05) is 25.2 Å². The van der Waals surface area contributed by atoms with Gasteiger partial charge in [0.1, 0.15) is 6.54 Å². The van der Waals surface area contributed by atoms with E-state index in [0.29, 0.717) is 19.8 Å². The molecular weight excluding hydrogens is 361 g/mol. The first-order valence-electron chi connectivity index (χ1n) is 8.80. The molecule has 2 aromatic rings. The quantitative estimate of drug-likeness (QED) is 0.859. The Morgan fingerprint density at radius 3 is 2.56 bits per heavy atom. The lowest BCUT2D eigenvalue weighted by atomic mass is 10.0. The Kier molecular flexibility index (Phi) is 5.43. The minimum Gasteiger partial charge on any atom is -0.379 e. The Balaban J connectivity index is 1.72. The number of hydrogen-bond donors (Lipinski definition) is 1. The Morgan fingerprint density at radius 1 is 1.22 bits per heavy atom. The topological polar surface area (TPSA) is 59.4 Å². The zero-order valence-corrected chi connectivity index (χ0v) is 15.3. The number of fused-ring (bicyclic) bond motifs is 1. The molecule has 0 saturated carbocycles. The molecule has 0 radical (unpaired) electrons. The van der Waals surface area contributed by atoms with E-state index >= 15 is 0 Å². The third kappa shape index (κ3) is 4.41. The Labute approximate surface area is 155 Å². The summed E-state index contributed by atoms with van der Waals surface area (Å²) < 4.78 is 46.2. The molecule has 148 valence electrons. The number of carbonyl (C=O) groups excluding carboxylic acids is 1. The molecule has 1 aliphatic rings. The van der Waals surface area contributed by atoms with Crippen LogP contribution in [0.2, 0.25) is 0 Å². The van der Waals surface area contributed by atoms with Gasteiger partial charge in [0.15, 0.2) is 0 Å². The van der Waals surface area contributed by atoms with Gasteiger partial charge >= 0.3 is 6.18 Å². The summed E-state index contributed by atoms with van der Waals surface area (Å²) in [5.74, 6) is -1.55. The standard InChI is InChI=1S/C18H23F3N4O2/c1-17(2,24-7-9-27-10-8-24)12-22-15(26)11-25-14-6-4-3-5-13(14)23-16(25)18(19,20)21/h3-6H,7-12H2,1-2H3,(H,22,26). The first-order valence-corrected chi connectivity index (χ1v) is 8.80. The highest BCUT2D eigenvalue weighted by molar-refractivity contribution is 5.81. The van der Waals surface area contributed by atoms with Crippen LogP contribution in [0, 0.1) is 0 Å². The van der Waals surface area contributed by atoms with E-state index in [1.807, 2.05) is 13.8 Å². The largest absolute Gasteiger partial charge is 0.449 e. The maximum atomic E-state index is 13.3. The number of ether oxygens (including phenoxy) is 1. The van der Waals surface area contributed by atoms with Gasteiger partial charge in [-0.15, -0.1) is 0 Å². The molecule has 1 fully saturated rings. The molecule has 2 heterocycles. The molecule has 0 spiro atoms. The van der Waals surface area contributed by atoms with Crippen molar-refractivity contribution < 1.29 is 22.7 Å². The van der Waals surface area contributed by atoms with Crippen LogP contribution in [0.5, 0.6) is 0 Å². The van der Waals surface area contributed by atoms with Crippen molar-refractivity contribution in [2.75, 3.05) is 32.8 Å². The Bertz CT molecular complexity index is 811. The van der Waals surface area contributed by atoms with E-state index < -0.39 is 24.5 Å². The van der Waals surface area contributed by atoms with Crippen LogP contribution in [-0.4, -0.2) is 58.7 Å². The second-order valence-corrected chi connectivity index (χ2v) is 7.20. The number of aromatic nitrogens is 2. The number of alkyl halides is 3. The van der Waals surface area contributed by atoms with Crippen LogP contribution in [0.1, 0.15) is 19.7 Å². The second kappa shape index (κ2) is 7.47. The number of morpholine rings is 1. The van der Waals surface area contributed by atoms with Gasteiger partial charge in [0.25, 0.3) is 0 Å². The monoisotopic (exact) mass is 384 g/mol. The fraction of sp³-hybridized carbons (Fsp3) is 0.556. The molecule has 0 bridgehead atoms. The zero-order valence-electron chi connectivity index (χ0n) is 15.3. The number of nitrogens with zero attached hydrogens (tertiary/aromatic N) is 3. The minimum atomic E-state index is -4.63. The predicted molar refractivity (Wildman–Crippen MR) is 94.2 cm³/mol. The molecule has 1 aromatic carbocycles. The molecule has 3 rings (SSSR count). The van der Waals surface area contributed by atoms with Crippen molar-refractivity contribution in [3.05, 3.63) is 30.1 Å². The first-order chi connectivity index (χ1) is 12.7. The SMILES string of the molecule is CC(C)(CNC(=O)Cn1c(C(F)(F)F)nc2ccccc21)N1CCOCC1. The Morgan fingerprint density at radius 2 is 1.89 bits per heavy atom. The fourth-order valence-electron chi connectivity index (χ4n) is 3.25. The summed E-state index contributed by atoms with van der Waals surface area (Å²) >= 11 is 0. The van der Waals surface area contributed by atoms with Gasteiger partial charge < -0.3 is 14.6 Å². The van der Waals surface area contributed by atoms with Crippen LogP contribution >= 0.6 is 0 Å². The van der Waals surface area contributed by atoms with Crippen LogP contribution in [0.3, 0.4) is 0 Å². The summed E-state index contributed by atoms with van der Waals surface area (Å²) in [6.45, 7) is 6.66. The number of imidazole rings is 1. The van der Waals surface area contributed by atoms with E-state index in [1.165, 1.54) is 12.1 Å². The highest BCUT2D eigenvalue weighted by Gasteiger charge is 2.38. The van der Waals surface area contributed by atoms with E-state index in [-0.39, 0.29) is 16.6 Å². The second-order valence-electron chi connectivity index (χ2n) is 7.20. The molecule has 9 heteroatoms. The highest BCUT2D eigenvalue weighted by Crippen LogP contribution is 2.31. The predicted octanol–water partition coefficient (Wildman–Crippen LogP) is 2.28. The normalized spacial score (nSPS) is 16.6. The number of halogens is 3. The number of benzene rings is 1. The van der Waals surface area contributed by atoms with Gasteiger partial charge in [0.2, 0.25) is 11.7 Å². The van der Waals surface area contributed by atoms with Gasteiger partial charge in [-0.25, -0.2) is 4.98 Å². The van der Waals surface area contributed by atoms with Crippen molar-refractivity contribution in [3.63, 3.8) is 0 Å². The van der Waals surface area contributed by atoms with Crippen LogP contribution in [-0.2, 0) is 22.3 Å². The van der Waals surface area contributed by atoms with Gasteiger partial charge in [0.05, 0.1) is 24.2 Å². The minimum absolute atomic E-state index is 0.214. The molecule has 6 nitrogen and oxygen atoms in total. The van der Waals surface area contributed by atoms with E-state index in [0.717, 1.165) is 17.7 Å². The molecular formula is C18H23F3N4O2. The third-order valence-electron chi connectivity index (χ3n) is 4.80. The third-order valence-corrected chi connectivity index (χ3v) is 4.80. The lowest BCUT2D eigenvalue weighted by Crippen LogP contribution is -2.55. The van der Waals surface area contributed by atoms with E-state index in [1.54, 1.807) is 12.1 Å². The fourth-order valence-corrected chi connectivity index (χ4v) is 3.25. The number of amides is 1. The zero-order chi connectivity index (χ0) is 19.7. The van der Waals surface area contributed by atoms with E-state index in [2.05, 4.69) is 15.2 Å².